The standard InChI is InChI=1S/C13H25N3S/c1-10(12-7-17-11(2)15-12)14-8-13(3,4)9-16(5)6/h7,10,14H,8-9H2,1-6H3. The van der Waals surface area contributed by atoms with Gasteiger partial charge in [0.15, 0.2) is 0 Å². The largest absolute Gasteiger partial charge is 0.309 e. The van der Waals surface area contributed by atoms with Crippen LogP contribution in [0.5, 0.6) is 0 Å². The number of rotatable bonds is 6. The van der Waals surface area contributed by atoms with E-state index in [-0.39, 0.29) is 5.41 Å². The van der Waals surface area contributed by atoms with E-state index in [1.807, 2.05) is 0 Å². The molecule has 17 heavy (non-hydrogen) atoms. The predicted octanol–water partition coefficient (Wildman–Crippen LogP) is 2.69. The van der Waals surface area contributed by atoms with Gasteiger partial charge < -0.3 is 10.2 Å². The fourth-order valence-corrected chi connectivity index (χ4v) is 2.73. The zero-order valence-electron chi connectivity index (χ0n) is 11.9. The molecule has 0 amide bonds. The highest BCUT2D eigenvalue weighted by Gasteiger charge is 2.20. The molecular weight excluding hydrogens is 230 g/mol. The Bertz CT molecular complexity index is 344. The molecule has 1 aromatic rings. The Morgan fingerprint density at radius 1 is 1.47 bits per heavy atom. The highest BCUT2D eigenvalue weighted by atomic mass is 32.1. The molecule has 98 valence electrons. The topological polar surface area (TPSA) is 28.2 Å². The van der Waals surface area contributed by atoms with E-state index in [0.29, 0.717) is 6.04 Å². The monoisotopic (exact) mass is 255 g/mol. The molecule has 0 saturated heterocycles. The minimum Gasteiger partial charge on any atom is -0.309 e. The second-order valence-electron chi connectivity index (χ2n) is 5.80. The van der Waals surface area contributed by atoms with Crippen LogP contribution < -0.4 is 5.32 Å². The number of thiazole rings is 1. The third kappa shape index (κ3) is 5.15. The van der Waals surface area contributed by atoms with Gasteiger partial charge in [0.1, 0.15) is 0 Å². The average Bonchev–Trinajstić information content (AvgIpc) is 2.59. The van der Waals surface area contributed by atoms with E-state index in [9.17, 15) is 0 Å². The van der Waals surface area contributed by atoms with Crippen LogP contribution in [0.15, 0.2) is 5.38 Å². The molecule has 1 unspecified atom stereocenters. The number of aryl methyl sites for hydroxylation is 1. The first-order chi connectivity index (χ1) is 7.80. The summed E-state index contributed by atoms with van der Waals surface area (Å²) in [6.07, 6.45) is 0. The molecule has 0 saturated carbocycles. The maximum atomic E-state index is 4.52. The van der Waals surface area contributed by atoms with E-state index in [4.69, 9.17) is 0 Å². The van der Waals surface area contributed by atoms with Gasteiger partial charge in [-0.25, -0.2) is 4.98 Å². The Morgan fingerprint density at radius 2 is 2.12 bits per heavy atom. The molecule has 0 aromatic carbocycles. The molecule has 0 aliphatic carbocycles. The molecule has 0 aliphatic rings. The fraction of sp³-hybridized carbons (Fsp3) is 0.769. The maximum absolute atomic E-state index is 4.52. The first-order valence-electron chi connectivity index (χ1n) is 6.10. The van der Waals surface area contributed by atoms with Crippen LogP contribution >= 0.6 is 11.3 Å². The molecular formula is C13H25N3S. The number of hydrogen-bond acceptors (Lipinski definition) is 4. The molecule has 0 spiro atoms. The summed E-state index contributed by atoms with van der Waals surface area (Å²) in [4.78, 5) is 6.75. The van der Waals surface area contributed by atoms with Crippen LogP contribution in [0.2, 0.25) is 0 Å². The second kappa shape index (κ2) is 5.94. The SMILES string of the molecule is Cc1nc(C(C)NCC(C)(C)CN(C)C)cs1. The highest BCUT2D eigenvalue weighted by Crippen LogP contribution is 2.19. The molecule has 1 aromatic heterocycles. The van der Waals surface area contributed by atoms with Crippen LogP contribution in [0.4, 0.5) is 0 Å². The Balaban J connectivity index is 2.45. The van der Waals surface area contributed by atoms with Crippen molar-refractivity contribution in [3.8, 4) is 0 Å². The summed E-state index contributed by atoms with van der Waals surface area (Å²) in [5.41, 5.74) is 1.44. The van der Waals surface area contributed by atoms with Crippen LogP contribution in [0, 0.1) is 12.3 Å². The van der Waals surface area contributed by atoms with E-state index in [0.717, 1.165) is 23.8 Å². The lowest BCUT2D eigenvalue weighted by Crippen LogP contribution is -2.38. The fourth-order valence-electron chi connectivity index (χ4n) is 2.02. The van der Waals surface area contributed by atoms with Gasteiger partial charge in [0.25, 0.3) is 0 Å². The summed E-state index contributed by atoms with van der Waals surface area (Å²) in [7, 11) is 4.24. The molecule has 1 heterocycles. The summed E-state index contributed by atoms with van der Waals surface area (Å²) in [6.45, 7) is 10.9. The van der Waals surface area contributed by atoms with Crippen molar-refractivity contribution in [3.05, 3.63) is 16.1 Å². The zero-order chi connectivity index (χ0) is 13.1. The third-order valence-corrected chi connectivity index (χ3v) is 3.50. The van der Waals surface area contributed by atoms with Crippen molar-refractivity contribution in [2.45, 2.75) is 33.7 Å². The van der Waals surface area contributed by atoms with E-state index in [2.05, 4.69) is 62.4 Å². The minimum absolute atomic E-state index is 0.281. The lowest BCUT2D eigenvalue weighted by atomic mass is 9.92. The first-order valence-corrected chi connectivity index (χ1v) is 6.98. The third-order valence-electron chi connectivity index (χ3n) is 2.71. The number of hydrogen-bond donors (Lipinski definition) is 1. The summed E-state index contributed by atoms with van der Waals surface area (Å²) < 4.78 is 0. The molecule has 3 nitrogen and oxygen atoms in total. The van der Waals surface area contributed by atoms with Gasteiger partial charge in [0.05, 0.1) is 10.7 Å². The van der Waals surface area contributed by atoms with E-state index < -0.39 is 0 Å². The Morgan fingerprint density at radius 3 is 2.59 bits per heavy atom. The molecule has 0 bridgehead atoms. The van der Waals surface area contributed by atoms with E-state index >= 15 is 0 Å². The van der Waals surface area contributed by atoms with Gasteiger partial charge in [0.2, 0.25) is 0 Å². The van der Waals surface area contributed by atoms with Crippen molar-refractivity contribution in [3.63, 3.8) is 0 Å². The van der Waals surface area contributed by atoms with Gasteiger partial charge >= 0.3 is 0 Å². The highest BCUT2D eigenvalue weighted by molar-refractivity contribution is 7.09. The average molecular weight is 255 g/mol. The van der Waals surface area contributed by atoms with Gasteiger partial charge in [-0.05, 0) is 33.4 Å². The minimum atomic E-state index is 0.281. The Labute approximate surface area is 109 Å². The molecule has 1 atom stereocenters. The quantitative estimate of drug-likeness (QED) is 0.847. The normalized spacial score (nSPS) is 14.3. The summed E-state index contributed by atoms with van der Waals surface area (Å²) in [5.74, 6) is 0. The Hall–Kier alpha value is -0.450. The molecule has 1 N–H and O–H groups in total. The van der Waals surface area contributed by atoms with Gasteiger partial charge in [-0.2, -0.15) is 0 Å². The maximum Gasteiger partial charge on any atom is 0.0898 e. The number of nitrogens with one attached hydrogen (secondary N) is 1. The van der Waals surface area contributed by atoms with Crippen LogP contribution in [0.25, 0.3) is 0 Å². The molecule has 1 rings (SSSR count). The second-order valence-corrected chi connectivity index (χ2v) is 6.86. The van der Waals surface area contributed by atoms with Gasteiger partial charge in [-0.3, -0.25) is 0 Å². The first kappa shape index (κ1) is 14.6. The van der Waals surface area contributed by atoms with Crippen LogP contribution in [0.3, 0.4) is 0 Å². The number of nitrogens with zero attached hydrogens (tertiary/aromatic N) is 2. The van der Waals surface area contributed by atoms with Crippen molar-refractivity contribution in [1.82, 2.24) is 15.2 Å². The van der Waals surface area contributed by atoms with E-state index in [1.165, 1.54) is 0 Å². The zero-order valence-corrected chi connectivity index (χ0v) is 12.7. The smallest absolute Gasteiger partial charge is 0.0898 e. The summed E-state index contributed by atoms with van der Waals surface area (Å²) in [6, 6.07) is 0.335. The molecule has 0 aliphatic heterocycles. The lowest BCUT2D eigenvalue weighted by Gasteiger charge is -2.29. The van der Waals surface area contributed by atoms with Crippen LogP contribution in [0.1, 0.15) is 37.5 Å². The summed E-state index contributed by atoms with van der Waals surface area (Å²) in [5, 5.41) is 6.86. The van der Waals surface area contributed by atoms with E-state index in [1.54, 1.807) is 11.3 Å². The van der Waals surface area contributed by atoms with Crippen LogP contribution in [-0.4, -0.2) is 37.1 Å². The van der Waals surface area contributed by atoms with Gasteiger partial charge in [0, 0.05) is 24.5 Å². The van der Waals surface area contributed by atoms with Crippen molar-refractivity contribution in [1.29, 1.82) is 0 Å². The van der Waals surface area contributed by atoms with Crippen molar-refractivity contribution in [2.24, 2.45) is 5.41 Å². The molecule has 4 heteroatoms. The van der Waals surface area contributed by atoms with Gasteiger partial charge in [-0.1, -0.05) is 13.8 Å². The van der Waals surface area contributed by atoms with Gasteiger partial charge in [-0.15, -0.1) is 11.3 Å². The molecule has 0 fully saturated rings. The Kier molecular flexibility index (Phi) is 5.10. The predicted molar refractivity (Wildman–Crippen MR) is 75.6 cm³/mol. The van der Waals surface area contributed by atoms with Crippen LogP contribution in [-0.2, 0) is 0 Å². The van der Waals surface area contributed by atoms with Crippen molar-refractivity contribution < 1.29 is 0 Å². The summed E-state index contributed by atoms with van der Waals surface area (Å²) >= 11 is 1.72. The van der Waals surface area contributed by atoms with Crippen molar-refractivity contribution in [2.75, 3.05) is 27.2 Å². The molecule has 0 radical (unpaired) electrons. The number of aromatic nitrogens is 1. The lowest BCUT2D eigenvalue weighted by molar-refractivity contribution is 0.226. The van der Waals surface area contributed by atoms with Crippen molar-refractivity contribution >= 4 is 11.3 Å².